The molecule has 1 amide bonds. The van der Waals surface area contributed by atoms with Crippen molar-refractivity contribution in [1.82, 2.24) is 24.8 Å². The summed E-state index contributed by atoms with van der Waals surface area (Å²) in [6.45, 7) is 2.34. The number of thioether (sulfide) groups is 2. The van der Waals surface area contributed by atoms with Crippen molar-refractivity contribution in [2.75, 3.05) is 30.3 Å². The van der Waals surface area contributed by atoms with Gasteiger partial charge in [0.05, 0.1) is 36.4 Å². The first-order valence-electron chi connectivity index (χ1n) is 20.0. The van der Waals surface area contributed by atoms with E-state index < -0.39 is 5.97 Å². The monoisotopic (exact) mass is 875 g/mol. The molecule has 6 aliphatic rings. The van der Waals surface area contributed by atoms with Gasteiger partial charge in [-0.15, -0.1) is 22.7 Å². The van der Waals surface area contributed by atoms with Gasteiger partial charge in [-0.1, -0.05) is 35.7 Å². The lowest BCUT2D eigenvalue weighted by Gasteiger charge is -2.55. The number of hydrogen-bond acceptors (Lipinski definition) is 15. The number of aliphatic carboxylic acids is 1. The number of nitrogens with zero attached hydrogens (tertiary/aromatic N) is 5. The predicted octanol–water partition coefficient (Wildman–Crippen LogP) is 7.52. The fraction of sp³-hybridized carbons (Fsp3) is 0.349. The summed E-state index contributed by atoms with van der Waals surface area (Å²) >= 11 is 5.84. The summed E-state index contributed by atoms with van der Waals surface area (Å²) < 4.78 is 5.68. The van der Waals surface area contributed by atoms with Crippen molar-refractivity contribution in [2.45, 2.75) is 73.2 Å². The van der Waals surface area contributed by atoms with E-state index in [1.165, 1.54) is 45.9 Å². The maximum absolute atomic E-state index is 13.1. The van der Waals surface area contributed by atoms with E-state index in [9.17, 15) is 24.3 Å². The van der Waals surface area contributed by atoms with Gasteiger partial charge in [-0.25, -0.2) is 19.9 Å². The van der Waals surface area contributed by atoms with E-state index in [1.54, 1.807) is 29.0 Å². The number of thiophene rings is 2. The number of nitrogens with one attached hydrogen (secondary N) is 2. The Kier molecular flexibility index (Phi) is 9.44. The molecule has 1 spiro atoms. The molecule has 2 saturated heterocycles. The third-order valence-electron chi connectivity index (χ3n) is 12.4. The lowest BCUT2D eigenvalue weighted by atomic mass is 9.82. The number of amides is 1. The Morgan fingerprint density at radius 1 is 0.750 bits per heavy atom. The van der Waals surface area contributed by atoms with Crippen LogP contribution in [0.5, 0.6) is 0 Å². The molecule has 2 unspecified atom stereocenters. The van der Waals surface area contributed by atoms with E-state index in [1.807, 2.05) is 41.3 Å². The predicted molar refractivity (Wildman–Crippen MR) is 232 cm³/mol. The summed E-state index contributed by atoms with van der Waals surface area (Å²) in [5.41, 5.74) is 6.38. The Balaban J connectivity index is 0.000000139. The first kappa shape index (κ1) is 38.0. The maximum Gasteiger partial charge on any atom is 0.306 e. The normalized spacial score (nSPS) is 20.7. The van der Waals surface area contributed by atoms with Crippen molar-refractivity contribution in [3.05, 3.63) is 81.1 Å². The molecule has 17 heteroatoms. The molecule has 4 aliphatic heterocycles. The van der Waals surface area contributed by atoms with E-state index in [4.69, 9.17) is 4.74 Å². The molecule has 8 heterocycles. The topological polar surface area (TPSA) is 177 Å². The van der Waals surface area contributed by atoms with Gasteiger partial charge in [0.1, 0.15) is 39.6 Å². The molecule has 304 valence electrons. The maximum atomic E-state index is 13.1. The van der Waals surface area contributed by atoms with E-state index in [0.29, 0.717) is 25.7 Å². The molecule has 2 aliphatic carbocycles. The molecule has 2 fully saturated rings. The van der Waals surface area contributed by atoms with Crippen LogP contribution < -0.4 is 10.6 Å². The number of likely N-dealkylation sites (tertiary alicyclic amines) is 1. The van der Waals surface area contributed by atoms with Gasteiger partial charge in [-0.2, -0.15) is 0 Å². The number of rotatable bonds is 6. The van der Waals surface area contributed by atoms with Crippen LogP contribution in [0.25, 0.3) is 20.4 Å². The van der Waals surface area contributed by atoms with E-state index in [0.717, 1.165) is 121 Å². The number of carbonyl (C=O) groups excluding carboxylic acids is 3. The highest BCUT2D eigenvalue weighted by atomic mass is 32.2. The van der Waals surface area contributed by atoms with Crippen molar-refractivity contribution < 1.29 is 29.0 Å². The van der Waals surface area contributed by atoms with Crippen molar-refractivity contribution in [3.63, 3.8) is 0 Å². The number of anilines is 4. The lowest BCUT2D eigenvalue weighted by Crippen LogP contribution is -2.70. The van der Waals surface area contributed by atoms with Crippen LogP contribution in [-0.2, 0) is 62.4 Å². The van der Waals surface area contributed by atoms with Crippen LogP contribution in [0.1, 0.15) is 51.3 Å². The Hall–Kier alpha value is -4.94. The average Bonchev–Trinajstić information content (AvgIpc) is 3.97. The summed E-state index contributed by atoms with van der Waals surface area (Å²) in [6.07, 6.45) is 9.61. The van der Waals surface area contributed by atoms with Crippen molar-refractivity contribution in [2.24, 2.45) is 11.8 Å². The molecule has 4 aromatic heterocycles. The Morgan fingerprint density at radius 2 is 1.27 bits per heavy atom. The second-order valence-electron chi connectivity index (χ2n) is 16.2. The second-order valence-corrected chi connectivity index (χ2v) is 20.6. The number of fused-ring (bicyclic) bond motifs is 8. The Bertz CT molecular complexity index is 2810. The number of carboxylic acids is 1. The van der Waals surface area contributed by atoms with Crippen molar-refractivity contribution in [3.8, 4) is 0 Å². The van der Waals surface area contributed by atoms with Crippen LogP contribution in [0.15, 0.2) is 58.8 Å². The van der Waals surface area contributed by atoms with Gasteiger partial charge in [0.25, 0.3) is 0 Å². The minimum absolute atomic E-state index is 0.0212. The molecule has 3 N–H and O–H groups in total. The van der Waals surface area contributed by atoms with Crippen LogP contribution in [-0.4, -0.2) is 77.3 Å². The quantitative estimate of drug-likeness (QED) is 0.150. The Labute approximate surface area is 360 Å². The molecular weight excluding hydrogens is 839 g/mol. The highest BCUT2D eigenvalue weighted by Gasteiger charge is 2.51. The molecule has 60 heavy (non-hydrogen) atoms. The summed E-state index contributed by atoms with van der Waals surface area (Å²) in [5, 5.41) is 18.6. The zero-order valence-corrected chi connectivity index (χ0v) is 35.4. The van der Waals surface area contributed by atoms with Gasteiger partial charge >= 0.3 is 5.97 Å². The minimum Gasteiger partial charge on any atom is -0.481 e. The van der Waals surface area contributed by atoms with Gasteiger partial charge in [0.2, 0.25) is 5.91 Å². The molecule has 2 aromatic carbocycles. The van der Waals surface area contributed by atoms with Crippen LogP contribution in [0.3, 0.4) is 0 Å². The van der Waals surface area contributed by atoms with E-state index >= 15 is 0 Å². The fourth-order valence-corrected chi connectivity index (χ4v) is 13.6. The minimum atomic E-state index is -0.729. The highest BCUT2D eigenvalue weighted by molar-refractivity contribution is 8.14. The number of benzene rings is 2. The molecular formula is C43H37N7O6S4. The number of ether oxygens (including phenoxy) is 1. The van der Waals surface area contributed by atoms with Gasteiger partial charge < -0.3 is 25.4 Å². The summed E-state index contributed by atoms with van der Waals surface area (Å²) in [5.74, 6) is 0.797. The summed E-state index contributed by atoms with van der Waals surface area (Å²) in [6, 6.07) is 12.0. The molecule has 12 rings (SSSR count). The van der Waals surface area contributed by atoms with Crippen molar-refractivity contribution in [1.29, 1.82) is 0 Å². The molecule has 0 bridgehead atoms. The van der Waals surface area contributed by atoms with Gasteiger partial charge in [0.15, 0.2) is 10.2 Å². The molecule has 6 aromatic rings. The van der Waals surface area contributed by atoms with Crippen molar-refractivity contribution >= 4 is 112 Å². The van der Waals surface area contributed by atoms with Crippen LogP contribution in [0, 0.1) is 11.8 Å². The average molecular weight is 876 g/mol. The number of hydrogen-bond donors (Lipinski definition) is 3. The smallest absolute Gasteiger partial charge is 0.306 e. The van der Waals surface area contributed by atoms with Gasteiger partial charge in [0, 0.05) is 56.1 Å². The summed E-state index contributed by atoms with van der Waals surface area (Å²) in [7, 11) is 0. The highest BCUT2D eigenvalue weighted by Crippen LogP contribution is 2.44. The molecule has 2 atom stereocenters. The standard InChI is InChI=1S/C24H22N4O3S2.C19H15N3O3S2/c29-19-8-13-1-3-15(9-17(13)32-19)27-21-20-16-4-2-14(7-18(16)33-22(20)26-12-25-21)23(30)28-10-24(11-28)5-6-31-24;23-15-6-9-1-3-11(7-13(9)26-15)22-17-16-12-4-2-10(19(24)25)5-14(12)27-18(16)21-8-20-17/h1,3,9,12,14H,2,4-8,10-11H2,(H,25,26,27);1,3,7-8,10H,2,4-6H2,(H,24,25)(H,20,21,22). The zero-order valence-electron chi connectivity index (χ0n) is 32.1. The molecule has 13 nitrogen and oxygen atoms in total. The van der Waals surface area contributed by atoms with Crippen LogP contribution in [0.4, 0.5) is 23.0 Å². The molecule has 0 saturated carbocycles. The van der Waals surface area contributed by atoms with E-state index in [2.05, 4.69) is 30.6 Å². The zero-order chi connectivity index (χ0) is 40.7. The van der Waals surface area contributed by atoms with Gasteiger partial charge in [-0.05, 0) is 85.0 Å². The third-order valence-corrected chi connectivity index (χ3v) is 16.7. The number of carboxylic acid groups (broad SMARTS) is 1. The third kappa shape index (κ3) is 6.83. The Morgan fingerprint density at radius 3 is 1.77 bits per heavy atom. The number of aryl methyl sites for hydroxylation is 2. The number of carbonyl (C=O) groups is 4. The SMILES string of the molecule is O=C1Cc2ccc(Nc3ncnc4sc5c(c34)CCC(C(=O)N3CC4(CCO4)C3)C5)cc2S1.O=C1Cc2ccc(Nc3ncnc4sc5c(c34)CCC(C(=O)O)C5)cc2S1. The summed E-state index contributed by atoms with van der Waals surface area (Å²) in [4.78, 5) is 73.9. The van der Waals surface area contributed by atoms with Crippen LogP contribution >= 0.6 is 46.2 Å². The van der Waals surface area contributed by atoms with E-state index in [-0.39, 0.29) is 33.6 Å². The fourth-order valence-electron chi connectivity index (χ4n) is 9.18. The largest absolute Gasteiger partial charge is 0.481 e. The number of aromatic nitrogens is 4. The first-order chi connectivity index (χ1) is 29.1. The van der Waals surface area contributed by atoms with Gasteiger partial charge in [-0.3, -0.25) is 19.2 Å². The van der Waals surface area contributed by atoms with Crippen LogP contribution in [0.2, 0.25) is 0 Å². The first-order valence-corrected chi connectivity index (χ1v) is 23.3. The lowest BCUT2D eigenvalue weighted by molar-refractivity contribution is -0.223. The molecule has 0 radical (unpaired) electrons. The second kappa shape index (κ2) is 14.9.